The van der Waals surface area contributed by atoms with Crippen LogP contribution in [0, 0.1) is 0 Å². The Hall–Kier alpha value is -9.54. The number of hydrogen-bond acceptors (Lipinski definition) is 1. The quantitative estimate of drug-likeness (QED) is 0.0875. The highest BCUT2D eigenvalue weighted by Crippen LogP contribution is 2.45. The van der Waals surface area contributed by atoms with E-state index in [1.54, 1.807) is 0 Å². The van der Waals surface area contributed by atoms with Gasteiger partial charge in [-0.2, -0.15) is 0 Å². The molecule has 0 amide bonds. The first-order chi connectivity index (χ1) is 37.2. The van der Waals surface area contributed by atoms with Gasteiger partial charge in [0.05, 0.1) is 16.7 Å². The van der Waals surface area contributed by atoms with E-state index in [1.165, 1.54) is 76.0 Å². The Morgan fingerprint density at radius 1 is 0.267 bits per heavy atom. The molecule has 12 aromatic carbocycles. The number of rotatable bonds is 12. The van der Waals surface area contributed by atoms with Crippen LogP contribution in [-0.2, 0) is 0 Å². The minimum atomic E-state index is -2.73. The summed E-state index contributed by atoms with van der Waals surface area (Å²) >= 11 is 0. The topological polar surface area (TPSA) is 8.17 Å². The van der Waals surface area contributed by atoms with Crippen LogP contribution in [0.15, 0.2) is 315 Å². The Balaban J connectivity index is 0.961. The molecule has 0 unspecified atom stereocenters. The summed E-state index contributed by atoms with van der Waals surface area (Å²) in [6.07, 6.45) is 0. The Morgan fingerprint density at radius 2 is 0.680 bits per heavy atom. The van der Waals surface area contributed by atoms with Crippen LogP contribution in [0.1, 0.15) is 0 Å². The van der Waals surface area contributed by atoms with Crippen molar-refractivity contribution in [1.82, 2.24) is 4.57 Å². The van der Waals surface area contributed by atoms with Gasteiger partial charge in [-0.25, -0.2) is 0 Å². The van der Waals surface area contributed by atoms with Crippen molar-refractivity contribution in [3.63, 3.8) is 0 Å². The largest absolute Gasteiger partial charge is 0.310 e. The molecule has 1 heterocycles. The molecule has 3 heteroatoms. The first-order valence-corrected chi connectivity index (χ1v) is 27.8. The van der Waals surface area contributed by atoms with Crippen LogP contribution in [-0.4, -0.2) is 12.6 Å². The fraction of sp³-hybridized carbons (Fsp3) is 0. The van der Waals surface area contributed by atoms with E-state index >= 15 is 0 Å². The zero-order valence-corrected chi connectivity index (χ0v) is 42.4. The van der Waals surface area contributed by atoms with Gasteiger partial charge in [-0.15, -0.1) is 0 Å². The van der Waals surface area contributed by atoms with Crippen LogP contribution in [0.4, 0.5) is 17.1 Å². The molecule has 0 saturated carbocycles. The van der Waals surface area contributed by atoms with Gasteiger partial charge in [0.25, 0.3) is 0 Å². The molecule has 2 nitrogen and oxygen atoms in total. The lowest BCUT2D eigenvalue weighted by molar-refractivity contribution is 1.18. The highest BCUT2D eigenvalue weighted by molar-refractivity contribution is 7.19. The summed E-state index contributed by atoms with van der Waals surface area (Å²) in [6.45, 7) is 0. The van der Waals surface area contributed by atoms with E-state index < -0.39 is 8.07 Å². The maximum atomic E-state index is 2.46. The fourth-order valence-electron chi connectivity index (χ4n) is 11.5. The first-order valence-electron chi connectivity index (χ1n) is 25.8. The molecule has 0 aliphatic heterocycles. The molecule has 13 rings (SSSR count). The molecule has 13 aromatic rings. The van der Waals surface area contributed by atoms with Gasteiger partial charge in [0.2, 0.25) is 0 Å². The van der Waals surface area contributed by atoms with E-state index in [1.807, 2.05) is 0 Å². The average molecular weight is 973 g/mol. The molecule has 1 aromatic heterocycles. The van der Waals surface area contributed by atoms with Crippen molar-refractivity contribution >= 4 is 67.7 Å². The Kier molecular flexibility index (Phi) is 12.0. The molecule has 0 spiro atoms. The third-order valence-electron chi connectivity index (χ3n) is 15.0. The van der Waals surface area contributed by atoms with E-state index in [4.69, 9.17) is 0 Å². The molecule has 75 heavy (non-hydrogen) atoms. The molecule has 0 aliphatic carbocycles. The number of para-hydroxylation sites is 2. The van der Waals surface area contributed by atoms with Crippen molar-refractivity contribution in [3.8, 4) is 50.2 Å². The van der Waals surface area contributed by atoms with Crippen LogP contribution >= 0.6 is 0 Å². The Morgan fingerprint density at radius 3 is 1.28 bits per heavy atom. The zero-order valence-electron chi connectivity index (χ0n) is 41.4. The van der Waals surface area contributed by atoms with Gasteiger partial charge in [-0.3, -0.25) is 0 Å². The lowest BCUT2D eigenvalue weighted by Gasteiger charge is -2.34. The van der Waals surface area contributed by atoms with E-state index in [0.717, 1.165) is 33.8 Å². The molecule has 0 saturated heterocycles. The minimum absolute atomic E-state index is 1.07. The van der Waals surface area contributed by atoms with E-state index in [-0.39, 0.29) is 0 Å². The summed E-state index contributed by atoms with van der Waals surface area (Å²) in [7, 11) is -2.73. The predicted octanol–water partition coefficient (Wildman–Crippen LogP) is 16.3. The molecule has 354 valence electrons. The SMILES string of the molecule is c1ccc(-c2ccc(-c3ccc(N(c4ccc(-c5cccc([Si](c6ccccc6)(c6ccccc6)c6ccccc6)c5)cc4)c4cccc5c4c4ccccc4n5-c4ccccc4)cc3)c(-c3ccccc3)c2)cc1. The summed E-state index contributed by atoms with van der Waals surface area (Å²) in [5.74, 6) is 0. The summed E-state index contributed by atoms with van der Waals surface area (Å²) in [6, 6.07) is 116. The number of aromatic nitrogens is 1. The Labute approximate surface area is 440 Å². The summed E-state index contributed by atoms with van der Waals surface area (Å²) in [5, 5.41) is 7.83. The third kappa shape index (κ3) is 8.26. The maximum Gasteiger partial charge on any atom is 0.179 e. The van der Waals surface area contributed by atoms with Crippen LogP contribution < -0.4 is 25.6 Å². The van der Waals surface area contributed by atoms with Gasteiger partial charge in [-0.05, 0) is 126 Å². The van der Waals surface area contributed by atoms with Gasteiger partial charge in [0.1, 0.15) is 0 Å². The van der Waals surface area contributed by atoms with E-state index in [9.17, 15) is 0 Å². The fourth-order valence-corrected chi connectivity index (χ4v) is 16.3. The van der Waals surface area contributed by atoms with Gasteiger partial charge in [0, 0.05) is 27.8 Å². The average Bonchev–Trinajstić information content (AvgIpc) is 3.85. The van der Waals surface area contributed by atoms with Crippen LogP contribution in [0.25, 0.3) is 72.0 Å². The zero-order chi connectivity index (χ0) is 50.0. The standard InChI is InChI=1S/C72H52N2Si/c1-7-23-53(24-8-1)58-45-50-66(68(52-58)55-25-9-2-10-26-55)56-43-48-61(49-44-56)73(70-39-22-40-71-72(70)67-37-19-20-38-69(67)74(71)59-28-11-3-12-29-59)60-46-41-54(42-47-60)57-27-21-36-65(51-57)75(62-30-13-4-14-31-62,63-32-15-5-16-33-63)64-34-17-6-18-35-64/h1-52H. The van der Waals surface area contributed by atoms with Gasteiger partial charge >= 0.3 is 0 Å². The molecule has 0 N–H and O–H groups in total. The van der Waals surface area contributed by atoms with Crippen molar-refractivity contribution in [2.45, 2.75) is 0 Å². The predicted molar refractivity (Wildman–Crippen MR) is 321 cm³/mol. The first kappa shape index (κ1) is 45.3. The number of fused-ring (bicyclic) bond motifs is 3. The van der Waals surface area contributed by atoms with Crippen molar-refractivity contribution in [3.05, 3.63) is 315 Å². The van der Waals surface area contributed by atoms with Crippen molar-refractivity contribution < 1.29 is 0 Å². The third-order valence-corrected chi connectivity index (χ3v) is 19.7. The van der Waals surface area contributed by atoms with Crippen molar-refractivity contribution in [2.75, 3.05) is 4.90 Å². The monoisotopic (exact) mass is 972 g/mol. The number of benzene rings is 12. The van der Waals surface area contributed by atoms with E-state index in [2.05, 4.69) is 325 Å². The smallest absolute Gasteiger partial charge is 0.179 e. The molecule has 0 fully saturated rings. The lowest BCUT2D eigenvalue weighted by Crippen LogP contribution is -2.74. The number of nitrogens with zero attached hydrogens (tertiary/aromatic N) is 2. The van der Waals surface area contributed by atoms with Crippen LogP contribution in [0.5, 0.6) is 0 Å². The normalized spacial score (nSPS) is 11.5. The van der Waals surface area contributed by atoms with Gasteiger partial charge < -0.3 is 9.47 Å². The van der Waals surface area contributed by atoms with Crippen LogP contribution in [0.3, 0.4) is 0 Å². The lowest BCUT2D eigenvalue weighted by atomic mass is 9.91. The van der Waals surface area contributed by atoms with Gasteiger partial charge in [0.15, 0.2) is 8.07 Å². The Bertz CT molecular complexity index is 3970. The highest BCUT2D eigenvalue weighted by atomic mass is 28.3. The van der Waals surface area contributed by atoms with Crippen molar-refractivity contribution in [2.24, 2.45) is 0 Å². The summed E-state index contributed by atoms with van der Waals surface area (Å²) in [5.41, 5.74) is 16.2. The number of anilines is 3. The second-order valence-electron chi connectivity index (χ2n) is 19.2. The summed E-state index contributed by atoms with van der Waals surface area (Å²) < 4.78 is 2.40. The molecule has 0 aliphatic rings. The molecule has 0 atom stereocenters. The second-order valence-corrected chi connectivity index (χ2v) is 23.0. The molecular weight excluding hydrogens is 921 g/mol. The maximum absolute atomic E-state index is 2.73. The molecular formula is C72H52N2Si. The second kappa shape index (κ2) is 19.8. The van der Waals surface area contributed by atoms with Crippen LogP contribution in [0.2, 0.25) is 0 Å². The minimum Gasteiger partial charge on any atom is -0.310 e. The molecule has 0 bridgehead atoms. The van der Waals surface area contributed by atoms with Crippen molar-refractivity contribution in [1.29, 1.82) is 0 Å². The number of hydrogen-bond donors (Lipinski definition) is 0. The van der Waals surface area contributed by atoms with Gasteiger partial charge in [-0.1, -0.05) is 255 Å². The molecule has 0 radical (unpaired) electrons. The van der Waals surface area contributed by atoms with E-state index in [0.29, 0.717) is 0 Å². The highest BCUT2D eigenvalue weighted by Gasteiger charge is 2.41. The summed E-state index contributed by atoms with van der Waals surface area (Å²) in [4.78, 5) is 2.45.